The molecule has 2 aromatic carbocycles. The van der Waals surface area contributed by atoms with E-state index in [2.05, 4.69) is 22.3 Å². The lowest BCUT2D eigenvalue weighted by Gasteiger charge is -2.29. The second kappa shape index (κ2) is 10.7. The Morgan fingerprint density at radius 1 is 0.974 bits per heavy atom. The van der Waals surface area contributed by atoms with Crippen LogP contribution in [0.4, 0.5) is 5.95 Å². The number of ether oxygens (including phenoxy) is 3. The summed E-state index contributed by atoms with van der Waals surface area (Å²) >= 11 is 0. The van der Waals surface area contributed by atoms with Gasteiger partial charge < -0.3 is 23.9 Å². The lowest BCUT2D eigenvalue weighted by molar-refractivity contribution is 0.245. The van der Waals surface area contributed by atoms with E-state index in [9.17, 15) is 0 Å². The zero-order valence-electron chi connectivity index (χ0n) is 22.2. The molecule has 1 aliphatic heterocycles. The minimum atomic E-state index is 0.513. The molecule has 0 spiro atoms. The highest BCUT2D eigenvalue weighted by Crippen LogP contribution is 2.29. The van der Waals surface area contributed by atoms with Crippen LogP contribution < -0.4 is 19.5 Å². The highest BCUT2D eigenvalue weighted by Gasteiger charge is 2.21. The SMILES string of the molecule is COc1ccc2c(c1)CCN(Cc1cnc(NCc3ccc(OC)c(OC)c3)n3nc(-c4ccco4)nc13)C2. The van der Waals surface area contributed by atoms with E-state index in [1.165, 1.54) is 11.1 Å². The summed E-state index contributed by atoms with van der Waals surface area (Å²) in [5.74, 6) is 3.97. The number of rotatable bonds is 9. The van der Waals surface area contributed by atoms with Gasteiger partial charge in [0.2, 0.25) is 11.8 Å². The fraction of sp³-hybridized carbons (Fsp3) is 0.276. The Hall–Kier alpha value is -4.57. The minimum Gasteiger partial charge on any atom is -0.497 e. The van der Waals surface area contributed by atoms with E-state index in [0.29, 0.717) is 42.1 Å². The number of anilines is 1. The fourth-order valence-corrected chi connectivity index (χ4v) is 4.92. The average molecular weight is 527 g/mol. The van der Waals surface area contributed by atoms with E-state index >= 15 is 0 Å². The average Bonchev–Trinajstić information content (AvgIpc) is 3.67. The molecule has 0 bridgehead atoms. The maximum Gasteiger partial charge on any atom is 0.226 e. The van der Waals surface area contributed by atoms with Gasteiger partial charge in [0.25, 0.3) is 0 Å². The Labute approximate surface area is 226 Å². The number of hydrogen-bond acceptors (Lipinski definition) is 9. The van der Waals surface area contributed by atoms with Crippen molar-refractivity contribution < 1.29 is 18.6 Å². The van der Waals surface area contributed by atoms with Crippen molar-refractivity contribution in [3.63, 3.8) is 0 Å². The first-order valence-electron chi connectivity index (χ1n) is 12.8. The van der Waals surface area contributed by atoms with Gasteiger partial charge in [0, 0.05) is 37.9 Å². The second-order valence-corrected chi connectivity index (χ2v) is 9.39. The quantitative estimate of drug-likeness (QED) is 0.296. The molecule has 0 aliphatic carbocycles. The summed E-state index contributed by atoms with van der Waals surface area (Å²) in [7, 11) is 4.96. The summed E-state index contributed by atoms with van der Waals surface area (Å²) in [6.07, 6.45) is 4.47. The van der Waals surface area contributed by atoms with E-state index in [0.717, 1.165) is 42.0 Å². The summed E-state index contributed by atoms with van der Waals surface area (Å²) in [5.41, 5.74) is 5.41. The van der Waals surface area contributed by atoms with Crippen molar-refractivity contribution in [2.24, 2.45) is 0 Å². The predicted octanol–water partition coefficient (Wildman–Crippen LogP) is 4.58. The number of hydrogen-bond donors (Lipinski definition) is 1. The molecule has 39 heavy (non-hydrogen) atoms. The molecule has 0 atom stereocenters. The number of nitrogens with zero attached hydrogens (tertiary/aromatic N) is 5. The van der Waals surface area contributed by atoms with Crippen LogP contribution in [0.3, 0.4) is 0 Å². The van der Waals surface area contributed by atoms with Crippen molar-refractivity contribution in [1.82, 2.24) is 24.5 Å². The molecule has 10 heteroatoms. The number of methoxy groups -OCH3 is 3. The van der Waals surface area contributed by atoms with Crippen molar-refractivity contribution in [2.75, 3.05) is 33.2 Å². The van der Waals surface area contributed by atoms with E-state index < -0.39 is 0 Å². The van der Waals surface area contributed by atoms with Crippen molar-refractivity contribution in [1.29, 1.82) is 0 Å². The fourth-order valence-electron chi connectivity index (χ4n) is 4.92. The van der Waals surface area contributed by atoms with Gasteiger partial charge in [0.05, 0.1) is 27.6 Å². The topological polar surface area (TPSA) is 99.2 Å². The Morgan fingerprint density at radius 3 is 2.67 bits per heavy atom. The van der Waals surface area contributed by atoms with Crippen molar-refractivity contribution in [3.05, 3.63) is 83.2 Å². The van der Waals surface area contributed by atoms with Crippen LogP contribution in [0, 0.1) is 0 Å². The summed E-state index contributed by atoms with van der Waals surface area (Å²) in [4.78, 5) is 12.0. The number of benzene rings is 2. The maximum absolute atomic E-state index is 5.59. The molecular formula is C29H30N6O4. The predicted molar refractivity (Wildman–Crippen MR) is 146 cm³/mol. The lowest BCUT2D eigenvalue weighted by Crippen LogP contribution is -2.30. The standard InChI is InChI=1S/C29H30N6O4/c1-36-23-8-7-21-17-34(11-10-20(21)14-23)18-22-16-31-29(30-15-19-6-9-24(37-2)26(13-19)38-3)35-28(22)32-27(33-35)25-5-4-12-39-25/h4-9,12-14,16H,10-11,15,17-18H2,1-3H3,(H,30,31). The highest BCUT2D eigenvalue weighted by molar-refractivity contribution is 5.58. The molecule has 1 aliphatic rings. The highest BCUT2D eigenvalue weighted by atomic mass is 16.5. The molecular weight excluding hydrogens is 496 g/mol. The van der Waals surface area contributed by atoms with E-state index in [4.69, 9.17) is 33.7 Å². The van der Waals surface area contributed by atoms with E-state index in [-0.39, 0.29) is 0 Å². The third kappa shape index (κ3) is 4.98. The molecule has 5 aromatic rings. The van der Waals surface area contributed by atoms with Crippen LogP contribution in [0.1, 0.15) is 22.3 Å². The van der Waals surface area contributed by atoms with Crippen LogP contribution in [0.15, 0.2) is 65.4 Å². The Balaban J connectivity index is 1.28. The molecule has 200 valence electrons. The number of aromatic nitrogens is 4. The van der Waals surface area contributed by atoms with Gasteiger partial charge in [0.15, 0.2) is 22.9 Å². The minimum absolute atomic E-state index is 0.513. The molecule has 1 N–H and O–H groups in total. The molecule has 0 saturated carbocycles. The van der Waals surface area contributed by atoms with Crippen LogP contribution in [0.2, 0.25) is 0 Å². The Kier molecular flexibility index (Phi) is 6.76. The molecule has 4 heterocycles. The Morgan fingerprint density at radius 2 is 1.87 bits per heavy atom. The molecule has 6 rings (SSSR count). The first-order chi connectivity index (χ1) is 19.1. The van der Waals surface area contributed by atoms with Gasteiger partial charge in [-0.3, -0.25) is 4.90 Å². The number of fused-ring (bicyclic) bond motifs is 2. The van der Waals surface area contributed by atoms with E-state index in [1.807, 2.05) is 42.6 Å². The van der Waals surface area contributed by atoms with Crippen LogP contribution in [0.5, 0.6) is 17.2 Å². The van der Waals surface area contributed by atoms with E-state index in [1.54, 1.807) is 32.1 Å². The van der Waals surface area contributed by atoms with Gasteiger partial charge >= 0.3 is 0 Å². The normalized spacial score (nSPS) is 13.3. The van der Waals surface area contributed by atoms with Crippen molar-refractivity contribution in [3.8, 4) is 28.8 Å². The van der Waals surface area contributed by atoms with Gasteiger partial charge in [-0.1, -0.05) is 12.1 Å². The van der Waals surface area contributed by atoms with Crippen LogP contribution in [0.25, 0.3) is 17.2 Å². The van der Waals surface area contributed by atoms with Gasteiger partial charge in [-0.25, -0.2) is 9.97 Å². The zero-order chi connectivity index (χ0) is 26.8. The van der Waals surface area contributed by atoms with Gasteiger partial charge in [-0.2, -0.15) is 4.52 Å². The molecule has 0 amide bonds. The van der Waals surface area contributed by atoms with Gasteiger partial charge in [-0.05, 0) is 59.5 Å². The molecule has 0 unspecified atom stereocenters. The smallest absolute Gasteiger partial charge is 0.226 e. The molecule has 0 saturated heterocycles. The number of nitrogens with one attached hydrogen (secondary N) is 1. The van der Waals surface area contributed by atoms with Crippen molar-refractivity contribution in [2.45, 2.75) is 26.1 Å². The van der Waals surface area contributed by atoms with Crippen molar-refractivity contribution >= 4 is 11.6 Å². The number of furan rings is 1. The Bertz CT molecular complexity index is 1600. The second-order valence-electron chi connectivity index (χ2n) is 9.39. The largest absolute Gasteiger partial charge is 0.497 e. The molecule has 0 radical (unpaired) electrons. The first-order valence-corrected chi connectivity index (χ1v) is 12.8. The van der Waals surface area contributed by atoms with Crippen LogP contribution in [-0.2, 0) is 26.1 Å². The zero-order valence-corrected chi connectivity index (χ0v) is 22.2. The van der Waals surface area contributed by atoms with Crippen LogP contribution in [-0.4, -0.2) is 52.4 Å². The lowest BCUT2D eigenvalue weighted by atomic mass is 9.99. The van der Waals surface area contributed by atoms with Crippen LogP contribution >= 0.6 is 0 Å². The monoisotopic (exact) mass is 526 g/mol. The first kappa shape index (κ1) is 24.7. The van der Waals surface area contributed by atoms with Gasteiger partial charge in [0.1, 0.15) is 5.75 Å². The van der Waals surface area contributed by atoms with Gasteiger partial charge in [-0.15, -0.1) is 5.10 Å². The summed E-state index contributed by atoms with van der Waals surface area (Å²) in [6.45, 7) is 3.01. The molecule has 0 fully saturated rings. The third-order valence-corrected chi connectivity index (χ3v) is 6.98. The molecule has 10 nitrogen and oxygen atoms in total. The summed E-state index contributed by atoms with van der Waals surface area (Å²) in [5, 5.41) is 8.15. The molecule has 3 aromatic heterocycles. The summed E-state index contributed by atoms with van der Waals surface area (Å²) < 4.78 is 23.6. The summed E-state index contributed by atoms with van der Waals surface area (Å²) in [6, 6.07) is 15.8. The maximum atomic E-state index is 5.59. The third-order valence-electron chi connectivity index (χ3n) is 6.98.